The number of fused-ring (bicyclic) bond motifs is 1. The highest BCUT2D eigenvalue weighted by Gasteiger charge is 2.25. The van der Waals surface area contributed by atoms with Gasteiger partial charge in [0.2, 0.25) is 0 Å². The van der Waals surface area contributed by atoms with E-state index in [1.54, 1.807) is 11.8 Å². The van der Waals surface area contributed by atoms with Gasteiger partial charge in [-0.2, -0.15) is 0 Å². The molecule has 68 valence electrons. The highest BCUT2D eigenvalue weighted by Crippen LogP contribution is 2.33. The van der Waals surface area contributed by atoms with Gasteiger partial charge in [0.25, 0.3) is 0 Å². The van der Waals surface area contributed by atoms with Crippen LogP contribution in [0.25, 0.3) is 0 Å². The Morgan fingerprint density at radius 2 is 2.31 bits per heavy atom. The summed E-state index contributed by atoms with van der Waals surface area (Å²) in [6, 6.07) is 6.02. The van der Waals surface area contributed by atoms with Gasteiger partial charge in [0, 0.05) is 19.8 Å². The van der Waals surface area contributed by atoms with Gasteiger partial charge in [0.1, 0.15) is 0 Å². The first-order chi connectivity index (χ1) is 6.18. The van der Waals surface area contributed by atoms with E-state index in [2.05, 4.69) is 38.5 Å². The molecule has 0 fully saturated rings. The Labute approximate surface area is 103 Å². The Bertz CT molecular complexity index is 367. The summed E-state index contributed by atoms with van der Waals surface area (Å²) in [7, 11) is 0. The second kappa shape index (κ2) is 3.90. The van der Waals surface area contributed by atoms with Crippen LogP contribution in [0.3, 0.4) is 0 Å². The minimum absolute atomic E-state index is 0.0109. The highest BCUT2D eigenvalue weighted by atomic mass is 127. The SMILES string of the molecule is O=C1c2cc(I)ccc2SCC1Br. The van der Waals surface area contributed by atoms with Crippen LogP contribution in [-0.2, 0) is 0 Å². The molecule has 0 aliphatic carbocycles. The molecule has 2 rings (SSSR count). The van der Waals surface area contributed by atoms with E-state index in [1.807, 2.05) is 18.2 Å². The molecule has 1 nitrogen and oxygen atoms in total. The number of ketones is 1. The summed E-state index contributed by atoms with van der Waals surface area (Å²) in [6.07, 6.45) is 0. The Hall–Kier alpha value is 0.450. The number of hydrogen-bond acceptors (Lipinski definition) is 2. The molecule has 13 heavy (non-hydrogen) atoms. The molecule has 0 amide bonds. The number of carbonyl (C=O) groups excluding carboxylic acids is 1. The summed E-state index contributed by atoms with van der Waals surface area (Å²) < 4.78 is 1.12. The Morgan fingerprint density at radius 1 is 1.54 bits per heavy atom. The van der Waals surface area contributed by atoms with E-state index in [1.165, 1.54) is 0 Å². The normalized spacial score (nSPS) is 21.4. The monoisotopic (exact) mass is 368 g/mol. The zero-order chi connectivity index (χ0) is 9.42. The number of hydrogen-bond donors (Lipinski definition) is 0. The number of carbonyl (C=O) groups is 1. The van der Waals surface area contributed by atoms with Crippen LogP contribution in [-0.4, -0.2) is 16.4 Å². The standard InChI is InChI=1S/C9H6BrIOS/c10-7-4-13-8-2-1-5(11)3-6(8)9(7)12/h1-3,7H,4H2. The molecule has 1 unspecified atom stereocenters. The van der Waals surface area contributed by atoms with Crippen molar-refractivity contribution in [1.29, 1.82) is 0 Å². The number of rotatable bonds is 0. The van der Waals surface area contributed by atoms with Crippen LogP contribution < -0.4 is 0 Å². The average Bonchev–Trinajstić information content (AvgIpc) is 2.12. The predicted octanol–water partition coefficient (Wildman–Crippen LogP) is 3.34. The van der Waals surface area contributed by atoms with E-state index in [0.717, 1.165) is 19.8 Å². The minimum atomic E-state index is -0.0109. The molecule has 0 spiro atoms. The second-order valence-corrected chi connectivity index (χ2v) is 6.20. The van der Waals surface area contributed by atoms with Crippen LogP contribution in [0.1, 0.15) is 10.4 Å². The maximum Gasteiger partial charge on any atom is 0.178 e. The van der Waals surface area contributed by atoms with E-state index in [0.29, 0.717) is 0 Å². The maximum absolute atomic E-state index is 11.7. The van der Waals surface area contributed by atoms with Crippen molar-refractivity contribution in [3.63, 3.8) is 0 Å². The van der Waals surface area contributed by atoms with Gasteiger partial charge in [-0.1, -0.05) is 15.9 Å². The first-order valence-corrected chi connectivity index (χ1v) is 6.77. The van der Waals surface area contributed by atoms with Crippen molar-refractivity contribution >= 4 is 56.1 Å². The predicted molar refractivity (Wildman–Crippen MR) is 66.9 cm³/mol. The minimum Gasteiger partial charge on any atom is -0.293 e. The fourth-order valence-electron chi connectivity index (χ4n) is 1.23. The number of Topliss-reactive ketones (excluding diaryl/α,β-unsaturated/α-hetero) is 1. The third-order valence-electron chi connectivity index (χ3n) is 1.88. The molecule has 1 atom stereocenters. The molecule has 1 aliphatic heterocycles. The molecule has 0 saturated heterocycles. The number of thioether (sulfide) groups is 1. The van der Waals surface area contributed by atoms with E-state index < -0.39 is 0 Å². The van der Waals surface area contributed by atoms with Gasteiger partial charge in [0.05, 0.1) is 4.83 Å². The highest BCUT2D eigenvalue weighted by molar-refractivity contribution is 14.1. The summed E-state index contributed by atoms with van der Waals surface area (Å²) in [6.45, 7) is 0. The first kappa shape index (κ1) is 9.98. The van der Waals surface area contributed by atoms with Gasteiger partial charge in [-0.3, -0.25) is 4.79 Å². The topological polar surface area (TPSA) is 17.1 Å². The van der Waals surface area contributed by atoms with Crippen molar-refractivity contribution in [1.82, 2.24) is 0 Å². The van der Waals surface area contributed by atoms with Crippen LogP contribution in [0.2, 0.25) is 0 Å². The van der Waals surface area contributed by atoms with Crippen molar-refractivity contribution in [3.8, 4) is 0 Å². The molecule has 1 aliphatic rings. The van der Waals surface area contributed by atoms with E-state index in [9.17, 15) is 4.79 Å². The van der Waals surface area contributed by atoms with Gasteiger partial charge >= 0.3 is 0 Å². The zero-order valence-electron chi connectivity index (χ0n) is 6.59. The van der Waals surface area contributed by atoms with Crippen LogP contribution in [0.15, 0.2) is 23.1 Å². The summed E-state index contributed by atoms with van der Waals surface area (Å²) in [5, 5.41) is 0. The molecule has 1 heterocycles. The van der Waals surface area contributed by atoms with Crippen molar-refractivity contribution in [2.75, 3.05) is 5.75 Å². The Morgan fingerprint density at radius 3 is 3.08 bits per heavy atom. The lowest BCUT2D eigenvalue weighted by atomic mass is 10.1. The lowest BCUT2D eigenvalue weighted by Crippen LogP contribution is -2.21. The fourth-order valence-corrected chi connectivity index (χ4v) is 3.32. The van der Waals surface area contributed by atoms with Crippen molar-refractivity contribution in [2.24, 2.45) is 0 Å². The summed E-state index contributed by atoms with van der Waals surface area (Å²) >= 11 is 7.34. The van der Waals surface area contributed by atoms with E-state index in [4.69, 9.17) is 0 Å². The fraction of sp³-hybridized carbons (Fsp3) is 0.222. The molecule has 0 aromatic heterocycles. The third-order valence-corrected chi connectivity index (χ3v) is 4.88. The van der Waals surface area contributed by atoms with Crippen molar-refractivity contribution < 1.29 is 4.79 Å². The number of benzene rings is 1. The first-order valence-electron chi connectivity index (χ1n) is 3.79. The lowest BCUT2D eigenvalue weighted by Gasteiger charge is -2.18. The quantitative estimate of drug-likeness (QED) is 0.516. The van der Waals surface area contributed by atoms with Crippen LogP contribution in [0.5, 0.6) is 0 Å². The molecule has 1 aromatic rings. The smallest absolute Gasteiger partial charge is 0.178 e. The van der Waals surface area contributed by atoms with Crippen LogP contribution in [0, 0.1) is 3.57 Å². The Kier molecular flexibility index (Phi) is 3.00. The summed E-state index contributed by atoms with van der Waals surface area (Å²) in [5.41, 5.74) is 0.866. The summed E-state index contributed by atoms with van der Waals surface area (Å²) in [4.78, 5) is 12.8. The summed E-state index contributed by atoms with van der Waals surface area (Å²) in [5.74, 6) is 1.05. The molecular formula is C9H6BrIOS. The van der Waals surface area contributed by atoms with Gasteiger partial charge in [0.15, 0.2) is 5.78 Å². The molecule has 0 saturated carbocycles. The average molecular weight is 369 g/mol. The molecule has 1 aromatic carbocycles. The Balaban J connectivity index is 2.51. The third kappa shape index (κ3) is 1.94. The molecule has 0 bridgehead atoms. The van der Waals surface area contributed by atoms with Gasteiger partial charge < -0.3 is 0 Å². The van der Waals surface area contributed by atoms with Gasteiger partial charge in [-0.15, -0.1) is 11.8 Å². The van der Waals surface area contributed by atoms with Crippen LogP contribution >= 0.6 is 50.3 Å². The van der Waals surface area contributed by atoms with E-state index >= 15 is 0 Å². The number of halogens is 2. The molecule has 4 heteroatoms. The van der Waals surface area contributed by atoms with E-state index in [-0.39, 0.29) is 10.6 Å². The zero-order valence-corrected chi connectivity index (χ0v) is 11.1. The largest absolute Gasteiger partial charge is 0.293 e. The maximum atomic E-state index is 11.7. The molecular weight excluding hydrogens is 363 g/mol. The van der Waals surface area contributed by atoms with Crippen molar-refractivity contribution in [3.05, 3.63) is 27.3 Å². The second-order valence-electron chi connectivity index (χ2n) is 2.78. The lowest BCUT2D eigenvalue weighted by molar-refractivity contribution is 0.0992. The van der Waals surface area contributed by atoms with Crippen LogP contribution in [0.4, 0.5) is 0 Å². The van der Waals surface area contributed by atoms with Gasteiger partial charge in [-0.25, -0.2) is 0 Å². The molecule has 0 N–H and O–H groups in total. The number of alkyl halides is 1. The molecule has 0 radical (unpaired) electrons. The van der Waals surface area contributed by atoms with Gasteiger partial charge in [-0.05, 0) is 40.8 Å². The van der Waals surface area contributed by atoms with Crippen molar-refractivity contribution in [2.45, 2.75) is 9.72 Å².